The Bertz CT molecular complexity index is 717. The molecule has 0 N–H and O–H groups in total. The van der Waals surface area contributed by atoms with E-state index in [0.717, 1.165) is 0 Å². The van der Waals surface area contributed by atoms with Gasteiger partial charge in [-0.1, -0.05) is 34.8 Å². The van der Waals surface area contributed by atoms with E-state index in [0.29, 0.717) is 12.4 Å². The standard InChI is InChI=1S/C13H5Cl3F3NO/c14-7-3-8(12(16)9(15)4-7)10-1-6(5-21)2-11(20-10)13(17,18)19/h1-5H. The first-order chi connectivity index (χ1) is 9.72. The van der Waals surface area contributed by atoms with Gasteiger partial charge in [0.2, 0.25) is 0 Å². The van der Waals surface area contributed by atoms with Gasteiger partial charge in [-0.15, -0.1) is 0 Å². The predicted molar refractivity (Wildman–Crippen MR) is 75.1 cm³/mol. The van der Waals surface area contributed by atoms with Gasteiger partial charge in [0.05, 0.1) is 15.7 Å². The Morgan fingerprint density at radius 3 is 2.29 bits per heavy atom. The second-order valence-corrected chi connectivity index (χ2v) is 5.26. The Labute approximate surface area is 132 Å². The molecule has 0 aliphatic heterocycles. The second-order valence-electron chi connectivity index (χ2n) is 4.04. The molecule has 0 unspecified atom stereocenters. The minimum atomic E-state index is -4.69. The quantitative estimate of drug-likeness (QED) is 0.523. The Balaban J connectivity index is 2.72. The SMILES string of the molecule is O=Cc1cc(-c2cc(Cl)cc(Cl)c2Cl)nc(C(F)(F)F)c1. The number of halogens is 6. The molecule has 0 aliphatic carbocycles. The highest BCUT2D eigenvalue weighted by Crippen LogP contribution is 2.37. The maximum Gasteiger partial charge on any atom is 0.433 e. The van der Waals surface area contributed by atoms with Gasteiger partial charge in [0.15, 0.2) is 0 Å². The van der Waals surface area contributed by atoms with Crippen molar-refractivity contribution < 1.29 is 18.0 Å². The van der Waals surface area contributed by atoms with Crippen LogP contribution < -0.4 is 0 Å². The number of benzene rings is 1. The van der Waals surface area contributed by atoms with Crippen LogP contribution in [0.2, 0.25) is 15.1 Å². The molecule has 2 rings (SSSR count). The van der Waals surface area contributed by atoms with Crippen LogP contribution in [0.3, 0.4) is 0 Å². The molecule has 8 heteroatoms. The number of carbonyl (C=O) groups excluding carboxylic acids is 1. The smallest absolute Gasteiger partial charge is 0.298 e. The molecule has 1 aromatic heterocycles. The average Bonchev–Trinajstić information content (AvgIpc) is 2.41. The molecule has 0 radical (unpaired) electrons. The van der Waals surface area contributed by atoms with E-state index in [9.17, 15) is 18.0 Å². The van der Waals surface area contributed by atoms with Gasteiger partial charge >= 0.3 is 6.18 Å². The van der Waals surface area contributed by atoms with Crippen molar-refractivity contribution in [1.29, 1.82) is 0 Å². The Kier molecular flexibility index (Phi) is 4.46. The summed E-state index contributed by atoms with van der Waals surface area (Å²) in [5.74, 6) is 0. The zero-order valence-electron chi connectivity index (χ0n) is 10.0. The van der Waals surface area contributed by atoms with Crippen LogP contribution in [-0.4, -0.2) is 11.3 Å². The fraction of sp³-hybridized carbons (Fsp3) is 0.0769. The summed E-state index contributed by atoms with van der Waals surface area (Å²) in [7, 11) is 0. The van der Waals surface area contributed by atoms with Crippen molar-refractivity contribution in [3.05, 3.63) is 50.6 Å². The molecule has 0 amide bonds. The number of hydrogen-bond donors (Lipinski definition) is 0. The third-order valence-electron chi connectivity index (χ3n) is 2.54. The zero-order valence-corrected chi connectivity index (χ0v) is 12.3. The summed E-state index contributed by atoms with van der Waals surface area (Å²) < 4.78 is 38.4. The minimum Gasteiger partial charge on any atom is -0.298 e. The van der Waals surface area contributed by atoms with Crippen LogP contribution in [0, 0.1) is 0 Å². The molecule has 0 spiro atoms. The molecule has 0 bridgehead atoms. The number of hydrogen-bond acceptors (Lipinski definition) is 2. The van der Waals surface area contributed by atoms with E-state index in [1.54, 1.807) is 0 Å². The van der Waals surface area contributed by atoms with E-state index in [2.05, 4.69) is 4.98 Å². The molecule has 0 saturated heterocycles. The van der Waals surface area contributed by atoms with Crippen LogP contribution in [-0.2, 0) is 6.18 Å². The Morgan fingerprint density at radius 1 is 1.05 bits per heavy atom. The van der Waals surface area contributed by atoms with Gasteiger partial charge < -0.3 is 0 Å². The highest BCUT2D eigenvalue weighted by Gasteiger charge is 2.33. The number of aldehydes is 1. The van der Waals surface area contributed by atoms with Crippen molar-refractivity contribution >= 4 is 41.1 Å². The maximum atomic E-state index is 12.8. The molecular weight excluding hydrogens is 350 g/mol. The molecule has 2 nitrogen and oxygen atoms in total. The molecule has 1 heterocycles. The fourth-order valence-corrected chi connectivity index (χ4v) is 2.34. The van der Waals surface area contributed by atoms with E-state index < -0.39 is 11.9 Å². The minimum absolute atomic E-state index is 0.00439. The van der Waals surface area contributed by atoms with Gasteiger partial charge in [0.25, 0.3) is 0 Å². The van der Waals surface area contributed by atoms with Crippen molar-refractivity contribution in [3.63, 3.8) is 0 Å². The summed E-state index contributed by atoms with van der Waals surface area (Å²) in [6.07, 6.45) is -4.40. The van der Waals surface area contributed by atoms with Gasteiger partial charge in [0, 0.05) is 16.1 Å². The molecule has 1 aromatic carbocycles. The molecule has 0 fully saturated rings. The fourth-order valence-electron chi connectivity index (χ4n) is 1.65. The normalized spacial score (nSPS) is 11.5. The molecule has 0 atom stereocenters. The lowest BCUT2D eigenvalue weighted by Gasteiger charge is -2.11. The monoisotopic (exact) mass is 353 g/mol. The topological polar surface area (TPSA) is 30.0 Å². The molecule has 110 valence electrons. The van der Waals surface area contributed by atoms with Crippen LogP contribution in [0.25, 0.3) is 11.3 Å². The van der Waals surface area contributed by atoms with Crippen LogP contribution in [0.5, 0.6) is 0 Å². The van der Waals surface area contributed by atoms with Gasteiger partial charge in [-0.2, -0.15) is 13.2 Å². The second kappa shape index (κ2) is 5.83. The number of rotatable bonds is 2. The lowest BCUT2D eigenvalue weighted by atomic mass is 10.1. The molecular formula is C13H5Cl3F3NO. The van der Waals surface area contributed by atoms with Gasteiger partial charge in [-0.25, -0.2) is 4.98 Å². The number of nitrogens with zero attached hydrogens (tertiary/aromatic N) is 1. The number of alkyl halides is 3. The highest BCUT2D eigenvalue weighted by molar-refractivity contribution is 6.45. The first-order valence-corrected chi connectivity index (χ1v) is 6.55. The van der Waals surface area contributed by atoms with Crippen LogP contribution in [0.4, 0.5) is 13.2 Å². The predicted octanol–water partition coefficient (Wildman–Crippen LogP) is 5.54. The first kappa shape index (κ1) is 16.1. The van der Waals surface area contributed by atoms with Crippen LogP contribution in [0.15, 0.2) is 24.3 Å². The number of carbonyl (C=O) groups is 1. The molecule has 0 saturated carbocycles. The summed E-state index contributed by atoms with van der Waals surface area (Å²) in [6.45, 7) is 0. The number of aromatic nitrogens is 1. The van der Waals surface area contributed by atoms with Crippen molar-refractivity contribution in [2.75, 3.05) is 0 Å². The zero-order chi connectivity index (χ0) is 15.8. The summed E-state index contributed by atoms with van der Waals surface area (Å²) >= 11 is 17.6. The van der Waals surface area contributed by atoms with E-state index in [1.807, 2.05) is 0 Å². The molecule has 2 aromatic rings. The molecule has 0 aliphatic rings. The molecule has 21 heavy (non-hydrogen) atoms. The van der Waals surface area contributed by atoms with Gasteiger partial charge in [-0.3, -0.25) is 4.79 Å². The van der Waals surface area contributed by atoms with Crippen LogP contribution in [0.1, 0.15) is 16.1 Å². The first-order valence-electron chi connectivity index (χ1n) is 5.41. The van der Waals surface area contributed by atoms with E-state index in [-0.39, 0.29) is 31.9 Å². The number of pyridine rings is 1. The largest absolute Gasteiger partial charge is 0.433 e. The Morgan fingerprint density at radius 2 is 1.71 bits per heavy atom. The highest BCUT2D eigenvalue weighted by atomic mass is 35.5. The summed E-state index contributed by atoms with van der Waals surface area (Å²) in [5.41, 5.74) is -1.40. The van der Waals surface area contributed by atoms with Crippen molar-refractivity contribution in [1.82, 2.24) is 4.98 Å². The Hall–Kier alpha value is -1.30. The van der Waals surface area contributed by atoms with Gasteiger partial charge in [0.1, 0.15) is 12.0 Å². The lowest BCUT2D eigenvalue weighted by Crippen LogP contribution is -2.09. The average molecular weight is 355 g/mol. The van der Waals surface area contributed by atoms with Crippen LogP contribution >= 0.6 is 34.8 Å². The summed E-state index contributed by atoms with van der Waals surface area (Å²) in [6, 6.07) is 4.50. The van der Waals surface area contributed by atoms with E-state index >= 15 is 0 Å². The van der Waals surface area contributed by atoms with Gasteiger partial charge in [-0.05, 0) is 24.3 Å². The van der Waals surface area contributed by atoms with Crippen molar-refractivity contribution in [3.8, 4) is 11.3 Å². The van der Waals surface area contributed by atoms with Crippen molar-refractivity contribution in [2.24, 2.45) is 0 Å². The summed E-state index contributed by atoms with van der Waals surface area (Å²) in [4.78, 5) is 14.3. The summed E-state index contributed by atoms with van der Waals surface area (Å²) in [5, 5.41) is 0.266. The third kappa shape index (κ3) is 3.48. The third-order valence-corrected chi connectivity index (χ3v) is 3.56. The lowest BCUT2D eigenvalue weighted by molar-refractivity contribution is -0.141. The van der Waals surface area contributed by atoms with E-state index in [4.69, 9.17) is 34.8 Å². The van der Waals surface area contributed by atoms with Crippen molar-refractivity contribution in [2.45, 2.75) is 6.18 Å². The van der Waals surface area contributed by atoms with E-state index in [1.165, 1.54) is 18.2 Å². The maximum absolute atomic E-state index is 12.8.